The Hall–Kier alpha value is -4.66. The molecule has 0 aliphatic carbocycles. The van der Waals surface area contributed by atoms with Crippen molar-refractivity contribution in [1.29, 1.82) is 0 Å². The summed E-state index contributed by atoms with van der Waals surface area (Å²) in [4.78, 5) is 29.9. The highest BCUT2D eigenvalue weighted by atomic mass is 19.4. The zero-order chi connectivity index (χ0) is 27.7. The van der Waals surface area contributed by atoms with Crippen LogP contribution in [0.3, 0.4) is 0 Å². The van der Waals surface area contributed by atoms with Crippen molar-refractivity contribution in [2.24, 2.45) is 7.05 Å². The molecule has 0 amide bonds. The lowest BCUT2D eigenvalue weighted by atomic mass is 10.2. The Balaban J connectivity index is 0.000000392. The Morgan fingerprint density at radius 1 is 1.05 bits per heavy atom. The van der Waals surface area contributed by atoms with Gasteiger partial charge in [-0.25, -0.2) is 9.78 Å². The van der Waals surface area contributed by atoms with E-state index in [1.165, 1.54) is 0 Å². The summed E-state index contributed by atoms with van der Waals surface area (Å²) in [7, 11) is 1.97. The lowest BCUT2D eigenvalue weighted by molar-refractivity contribution is -0.192. The smallest absolute Gasteiger partial charge is 0.475 e. The van der Waals surface area contributed by atoms with Crippen LogP contribution in [0.4, 0.5) is 19.0 Å². The molecule has 0 spiro atoms. The summed E-state index contributed by atoms with van der Waals surface area (Å²) in [6.07, 6.45) is -1.56. The molecule has 39 heavy (non-hydrogen) atoms. The number of nitrogens with zero attached hydrogens (tertiary/aromatic N) is 9. The van der Waals surface area contributed by atoms with Crippen LogP contribution >= 0.6 is 0 Å². The van der Waals surface area contributed by atoms with Gasteiger partial charge >= 0.3 is 12.1 Å². The third-order valence-corrected chi connectivity index (χ3v) is 5.97. The second kappa shape index (κ2) is 10.2. The second-order valence-electron chi connectivity index (χ2n) is 8.65. The Bertz CT molecular complexity index is 1650. The van der Waals surface area contributed by atoms with Crippen LogP contribution in [0, 0.1) is 6.92 Å². The number of benzene rings is 1. The molecule has 1 aliphatic rings. The first-order valence-electron chi connectivity index (χ1n) is 11.7. The van der Waals surface area contributed by atoms with Crippen molar-refractivity contribution in [3.05, 3.63) is 48.3 Å². The zero-order valence-corrected chi connectivity index (χ0v) is 20.8. The number of anilines is 1. The molecule has 5 aromatic rings. The molecule has 12 nitrogen and oxygen atoms in total. The molecular formula is C24H22F3N9O3. The Labute approximate surface area is 218 Å². The number of hydrogen-bond donors (Lipinski definition) is 1. The van der Waals surface area contributed by atoms with E-state index in [0.717, 1.165) is 58.1 Å². The van der Waals surface area contributed by atoms with Crippen LogP contribution < -0.4 is 4.90 Å². The van der Waals surface area contributed by atoms with Crippen molar-refractivity contribution in [3.8, 4) is 17.3 Å². The largest absolute Gasteiger partial charge is 0.490 e. The van der Waals surface area contributed by atoms with Gasteiger partial charge in [-0.2, -0.15) is 27.8 Å². The predicted molar refractivity (Wildman–Crippen MR) is 133 cm³/mol. The predicted octanol–water partition coefficient (Wildman–Crippen LogP) is 2.94. The van der Waals surface area contributed by atoms with E-state index >= 15 is 0 Å². The van der Waals surface area contributed by atoms with Crippen LogP contribution in [0.15, 0.2) is 42.7 Å². The van der Waals surface area contributed by atoms with Gasteiger partial charge in [-0.1, -0.05) is 11.3 Å². The number of morpholine rings is 1. The lowest BCUT2D eigenvalue weighted by Crippen LogP contribution is -2.37. The fraction of sp³-hybridized carbons (Fsp3) is 0.292. The number of carbonyl (C=O) groups is 1. The maximum atomic E-state index is 10.6. The molecular weight excluding hydrogens is 519 g/mol. The van der Waals surface area contributed by atoms with E-state index in [9.17, 15) is 13.2 Å². The van der Waals surface area contributed by atoms with E-state index < -0.39 is 12.1 Å². The Morgan fingerprint density at radius 3 is 2.41 bits per heavy atom. The monoisotopic (exact) mass is 541 g/mol. The molecule has 5 heterocycles. The topological polar surface area (TPSA) is 137 Å². The second-order valence-corrected chi connectivity index (χ2v) is 8.65. The SMILES string of the molecule is Cc1ccc2c(c1)nnn2-c1nc(N2CCOCC2)c2nc(-c3ccncc3)n(C)c2n1.O=C(O)C(F)(F)F. The number of aliphatic carboxylic acids is 1. The Kier molecular flexibility index (Phi) is 6.82. The van der Waals surface area contributed by atoms with Crippen molar-refractivity contribution in [2.45, 2.75) is 13.1 Å². The summed E-state index contributed by atoms with van der Waals surface area (Å²) < 4.78 is 41.0. The quantitative estimate of drug-likeness (QED) is 0.363. The number of fused-ring (bicyclic) bond motifs is 2. The van der Waals surface area contributed by atoms with Gasteiger partial charge in [0.15, 0.2) is 17.0 Å². The summed E-state index contributed by atoms with van der Waals surface area (Å²) >= 11 is 0. The highest BCUT2D eigenvalue weighted by Gasteiger charge is 2.38. The zero-order valence-electron chi connectivity index (χ0n) is 20.8. The molecule has 1 N–H and O–H groups in total. The summed E-state index contributed by atoms with van der Waals surface area (Å²) in [6, 6.07) is 9.92. The molecule has 0 bridgehead atoms. The van der Waals surface area contributed by atoms with Crippen LogP contribution in [-0.4, -0.2) is 83.1 Å². The highest BCUT2D eigenvalue weighted by Crippen LogP contribution is 2.30. The minimum Gasteiger partial charge on any atom is -0.475 e. The standard InChI is InChI=1S/C22H21N9O.C2HF3O2/c1-14-3-4-17-16(13-14)27-28-31(17)22-25-20-18(21(26-22)30-9-11-32-12-10-30)24-19(29(20)2)15-5-7-23-8-6-15;3-2(4,5)1(6)7/h3-8,13H,9-12H2,1-2H3;(H,6,7). The number of imidazole rings is 1. The van der Waals surface area contributed by atoms with E-state index in [1.54, 1.807) is 17.1 Å². The van der Waals surface area contributed by atoms with Gasteiger partial charge in [0.2, 0.25) is 0 Å². The fourth-order valence-corrected chi connectivity index (χ4v) is 4.07. The molecule has 0 radical (unpaired) electrons. The third-order valence-electron chi connectivity index (χ3n) is 5.97. The normalized spacial score (nSPS) is 13.9. The average molecular weight is 541 g/mol. The molecule has 15 heteroatoms. The van der Waals surface area contributed by atoms with Crippen molar-refractivity contribution in [1.82, 2.24) is 39.5 Å². The first-order valence-corrected chi connectivity index (χ1v) is 11.7. The summed E-state index contributed by atoms with van der Waals surface area (Å²) in [5.74, 6) is -0.704. The van der Waals surface area contributed by atoms with Crippen LogP contribution in [0.5, 0.6) is 0 Å². The van der Waals surface area contributed by atoms with Crippen molar-refractivity contribution in [2.75, 3.05) is 31.2 Å². The number of carboxylic acid groups (broad SMARTS) is 1. The number of halogens is 3. The Morgan fingerprint density at radius 2 is 1.74 bits per heavy atom. The number of carboxylic acids is 1. The molecule has 1 aromatic carbocycles. The number of aromatic nitrogens is 8. The maximum absolute atomic E-state index is 10.6. The number of alkyl halides is 3. The van der Waals surface area contributed by atoms with Crippen molar-refractivity contribution >= 4 is 34.0 Å². The van der Waals surface area contributed by atoms with Gasteiger partial charge in [0.25, 0.3) is 5.95 Å². The van der Waals surface area contributed by atoms with Gasteiger partial charge in [0.05, 0.1) is 18.7 Å². The van der Waals surface area contributed by atoms with Gasteiger partial charge in [0.1, 0.15) is 11.3 Å². The molecule has 1 aliphatic heterocycles. The molecule has 1 fully saturated rings. The molecule has 202 valence electrons. The number of ether oxygens (including phenoxy) is 1. The minimum absolute atomic E-state index is 0.467. The van der Waals surface area contributed by atoms with Crippen LogP contribution in [0.1, 0.15) is 5.56 Å². The minimum atomic E-state index is -5.08. The molecule has 1 saturated heterocycles. The van der Waals surface area contributed by atoms with Gasteiger partial charge in [-0.15, -0.1) is 5.10 Å². The van der Waals surface area contributed by atoms with E-state index in [-0.39, 0.29) is 0 Å². The molecule has 6 rings (SSSR count). The number of hydrogen-bond acceptors (Lipinski definition) is 9. The lowest BCUT2D eigenvalue weighted by Gasteiger charge is -2.28. The number of pyridine rings is 1. The maximum Gasteiger partial charge on any atom is 0.490 e. The molecule has 0 atom stereocenters. The van der Waals surface area contributed by atoms with E-state index in [2.05, 4.69) is 20.2 Å². The summed E-state index contributed by atoms with van der Waals surface area (Å²) in [5, 5.41) is 15.8. The van der Waals surface area contributed by atoms with Gasteiger partial charge < -0.3 is 19.3 Å². The summed E-state index contributed by atoms with van der Waals surface area (Å²) in [6.45, 7) is 4.81. The van der Waals surface area contributed by atoms with E-state index in [4.69, 9.17) is 29.6 Å². The first kappa shape index (κ1) is 26.0. The van der Waals surface area contributed by atoms with Crippen molar-refractivity contribution < 1.29 is 27.8 Å². The van der Waals surface area contributed by atoms with Crippen LogP contribution in [0.2, 0.25) is 0 Å². The third kappa shape index (κ3) is 5.20. The highest BCUT2D eigenvalue weighted by molar-refractivity contribution is 5.88. The fourth-order valence-electron chi connectivity index (χ4n) is 4.07. The van der Waals surface area contributed by atoms with Gasteiger partial charge in [0, 0.05) is 38.1 Å². The number of aryl methyl sites for hydroxylation is 2. The van der Waals surface area contributed by atoms with E-state index in [1.807, 2.05) is 48.9 Å². The first-order chi connectivity index (χ1) is 18.6. The molecule has 0 unspecified atom stereocenters. The summed E-state index contributed by atoms with van der Waals surface area (Å²) in [5.41, 5.74) is 5.26. The molecule has 4 aromatic heterocycles. The van der Waals surface area contributed by atoms with E-state index in [0.29, 0.717) is 19.2 Å². The van der Waals surface area contributed by atoms with Crippen LogP contribution in [0.25, 0.3) is 39.5 Å². The van der Waals surface area contributed by atoms with Crippen molar-refractivity contribution in [3.63, 3.8) is 0 Å². The molecule has 0 saturated carbocycles. The van der Waals surface area contributed by atoms with Crippen LogP contribution in [-0.2, 0) is 16.6 Å². The number of rotatable bonds is 3. The van der Waals surface area contributed by atoms with Gasteiger partial charge in [-0.3, -0.25) is 4.98 Å². The van der Waals surface area contributed by atoms with Gasteiger partial charge in [-0.05, 0) is 36.8 Å². The average Bonchev–Trinajstić information content (AvgIpc) is 3.49.